The van der Waals surface area contributed by atoms with Crippen LogP contribution in [0.25, 0.3) is 10.6 Å². The molecule has 0 radical (unpaired) electrons. The third-order valence-corrected chi connectivity index (χ3v) is 7.10. The molecule has 2 aromatic heterocycles. The first kappa shape index (κ1) is 18.3. The molecule has 0 saturated heterocycles. The molecule has 8 heteroatoms. The molecule has 3 aromatic rings. The fraction of sp³-hybridized carbons (Fsp3) is 0.316. The first-order valence-electron chi connectivity index (χ1n) is 8.90. The summed E-state index contributed by atoms with van der Waals surface area (Å²) in [5.74, 6) is -0.348. The summed E-state index contributed by atoms with van der Waals surface area (Å²) < 4.78 is 43.4. The summed E-state index contributed by atoms with van der Waals surface area (Å²) in [7, 11) is -3.75. The monoisotopic (exact) mass is 405 g/mol. The van der Waals surface area contributed by atoms with E-state index < -0.39 is 10.0 Å². The summed E-state index contributed by atoms with van der Waals surface area (Å²) in [6, 6.07) is 9.80. The van der Waals surface area contributed by atoms with Gasteiger partial charge in [0.05, 0.1) is 10.9 Å². The second-order valence-corrected chi connectivity index (χ2v) is 9.37. The first-order valence-corrected chi connectivity index (χ1v) is 11.3. The van der Waals surface area contributed by atoms with Crippen LogP contribution in [0.2, 0.25) is 0 Å². The smallest absolute Gasteiger partial charge is 0.244 e. The van der Waals surface area contributed by atoms with Crippen molar-refractivity contribution in [1.29, 1.82) is 0 Å². The Balaban J connectivity index is 1.64. The summed E-state index contributed by atoms with van der Waals surface area (Å²) >= 11 is 1.47. The molecule has 5 nitrogen and oxygen atoms in total. The molecule has 0 bridgehead atoms. The van der Waals surface area contributed by atoms with E-state index in [9.17, 15) is 12.8 Å². The van der Waals surface area contributed by atoms with Gasteiger partial charge in [0.15, 0.2) is 0 Å². The molecule has 0 amide bonds. The van der Waals surface area contributed by atoms with Crippen LogP contribution in [0.3, 0.4) is 0 Å². The van der Waals surface area contributed by atoms with Crippen molar-refractivity contribution in [2.75, 3.05) is 0 Å². The van der Waals surface area contributed by atoms with Gasteiger partial charge in [-0.3, -0.25) is 4.68 Å². The third kappa shape index (κ3) is 3.97. The van der Waals surface area contributed by atoms with E-state index in [1.807, 2.05) is 22.2 Å². The van der Waals surface area contributed by atoms with Crippen molar-refractivity contribution in [1.82, 2.24) is 14.5 Å². The summed E-state index contributed by atoms with van der Waals surface area (Å²) in [5, 5.41) is 6.53. The van der Waals surface area contributed by atoms with Gasteiger partial charge >= 0.3 is 0 Å². The highest BCUT2D eigenvalue weighted by molar-refractivity contribution is 7.89. The van der Waals surface area contributed by atoms with Crippen molar-refractivity contribution in [3.05, 3.63) is 59.4 Å². The maximum Gasteiger partial charge on any atom is 0.244 e. The largest absolute Gasteiger partial charge is 0.268 e. The molecule has 1 saturated carbocycles. The van der Waals surface area contributed by atoms with Gasteiger partial charge in [0.2, 0.25) is 10.0 Å². The van der Waals surface area contributed by atoms with Crippen LogP contribution in [0.4, 0.5) is 4.39 Å². The Bertz CT molecular complexity index is 1010. The van der Waals surface area contributed by atoms with E-state index in [4.69, 9.17) is 0 Å². The number of hydrogen-bond acceptors (Lipinski definition) is 4. The van der Waals surface area contributed by atoms with E-state index in [0.29, 0.717) is 11.3 Å². The fourth-order valence-electron chi connectivity index (χ4n) is 3.37. The molecule has 4 rings (SSSR count). The van der Waals surface area contributed by atoms with Gasteiger partial charge in [0, 0.05) is 12.7 Å². The van der Waals surface area contributed by atoms with Crippen molar-refractivity contribution in [2.24, 2.45) is 0 Å². The quantitative estimate of drug-likeness (QED) is 0.663. The summed E-state index contributed by atoms with van der Waals surface area (Å²) in [6.07, 6.45) is 5.98. The predicted octanol–water partition coefficient (Wildman–Crippen LogP) is 4.34. The Morgan fingerprint density at radius 3 is 2.59 bits per heavy atom. The van der Waals surface area contributed by atoms with Gasteiger partial charge in [-0.05, 0) is 42.0 Å². The molecule has 1 aliphatic carbocycles. The molecule has 0 atom stereocenters. The van der Waals surface area contributed by atoms with Crippen LogP contribution in [0.5, 0.6) is 0 Å². The zero-order chi connectivity index (χ0) is 18.9. The molecular weight excluding hydrogens is 385 g/mol. The first-order chi connectivity index (χ1) is 13.0. The van der Waals surface area contributed by atoms with Gasteiger partial charge in [0.25, 0.3) is 0 Å². The fourth-order valence-corrected chi connectivity index (χ4v) is 5.32. The lowest BCUT2D eigenvalue weighted by Gasteiger charge is -2.08. The Hall–Kier alpha value is -2.03. The van der Waals surface area contributed by atoms with E-state index in [0.717, 1.165) is 30.6 Å². The zero-order valence-corrected chi connectivity index (χ0v) is 16.3. The minimum Gasteiger partial charge on any atom is -0.268 e. The maximum absolute atomic E-state index is 13.0. The number of thiophene rings is 1. The second-order valence-electron chi connectivity index (χ2n) is 6.69. The van der Waals surface area contributed by atoms with Crippen LogP contribution in [-0.2, 0) is 16.6 Å². The van der Waals surface area contributed by atoms with Crippen molar-refractivity contribution >= 4 is 21.4 Å². The average Bonchev–Trinajstić information content (AvgIpc) is 3.41. The molecule has 1 aliphatic rings. The van der Waals surface area contributed by atoms with Gasteiger partial charge in [-0.25, -0.2) is 17.5 Å². The highest BCUT2D eigenvalue weighted by Crippen LogP contribution is 2.34. The lowest BCUT2D eigenvalue weighted by Crippen LogP contribution is -2.23. The second kappa shape index (κ2) is 7.53. The minimum absolute atomic E-state index is 0.0983. The number of halogens is 1. The van der Waals surface area contributed by atoms with Gasteiger partial charge in [-0.1, -0.05) is 31.0 Å². The zero-order valence-electron chi connectivity index (χ0n) is 14.6. The molecule has 1 N–H and O–H groups in total. The molecular formula is C19H20FN3O2S2. The highest BCUT2D eigenvalue weighted by atomic mass is 32.2. The van der Waals surface area contributed by atoms with Crippen molar-refractivity contribution < 1.29 is 12.8 Å². The molecule has 1 aromatic carbocycles. The van der Waals surface area contributed by atoms with Gasteiger partial charge in [-0.15, -0.1) is 11.3 Å². The summed E-state index contributed by atoms with van der Waals surface area (Å²) in [4.78, 5) is 1.02. The molecule has 27 heavy (non-hydrogen) atoms. The maximum atomic E-state index is 13.0. The normalized spacial score (nSPS) is 15.4. The highest BCUT2D eigenvalue weighted by Gasteiger charge is 2.27. The summed E-state index contributed by atoms with van der Waals surface area (Å²) in [5.41, 5.74) is 1.18. The topological polar surface area (TPSA) is 64.0 Å². The van der Waals surface area contributed by atoms with Crippen LogP contribution in [0, 0.1) is 5.82 Å². The number of benzene rings is 1. The van der Waals surface area contributed by atoms with Crippen LogP contribution in [-0.4, -0.2) is 18.2 Å². The van der Waals surface area contributed by atoms with Gasteiger partial charge < -0.3 is 0 Å². The molecule has 142 valence electrons. The molecule has 2 heterocycles. The molecule has 0 aliphatic heterocycles. The van der Waals surface area contributed by atoms with E-state index in [-0.39, 0.29) is 23.3 Å². The molecule has 0 spiro atoms. The van der Waals surface area contributed by atoms with Gasteiger partial charge in [0.1, 0.15) is 16.4 Å². The SMILES string of the molecule is O=S(=O)(NCc1ccc(F)cc1)c1cn(C2CCCC2)nc1-c1cccs1. The number of aromatic nitrogens is 2. The Morgan fingerprint density at radius 1 is 1.19 bits per heavy atom. The van der Waals surface area contributed by atoms with E-state index in [1.54, 1.807) is 18.3 Å². The van der Waals surface area contributed by atoms with Crippen molar-refractivity contribution in [2.45, 2.75) is 43.2 Å². The number of hydrogen-bond donors (Lipinski definition) is 1. The number of nitrogens with zero attached hydrogens (tertiary/aromatic N) is 2. The lowest BCUT2D eigenvalue weighted by atomic mass is 10.2. The van der Waals surface area contributed by atoms with Gasteiger partial charge in [-0.2, -0.15) is 5.10 Å². The van der Waals surface area contributed by atoms with Crippen molar-refractivity contribution in [3.63, 3.8) is 0 Å². The summed E-state index contributed by atoms with van der Waals surface area (Å²) in [6.45, 7) is 0.0983. The van der Waals surface area contributed by atoms with E-state index in [1.165, 1.54) is 23.5 Å². The number of nitrogens with one attached hydrogen (secondary N) is 1. The van der Waals surface area contributed by atoms with E-state index >= 15 is 0 Å². The van der Waals surface area contributed by atoms with Crippen LogP contribution in [0.15, 0.2) is 52.9 Å². The third-order valence-electron chi connectivity index (χ3n) is 4.82. The average molecular weight is 406 g/mol. The Kier molecular flexibility index (Phi) is 5.12. The number of sulfonamides is 1. The predicted molar refractivity (Wildman–Crippen MR) is 103 cm³/mol. The Morgan fingerprint density at radius 2 is 1.93 bits per heavy atom. The van der Waals surface area contributed by atoms with Crippen molar-refractivity contribution in [3.8, 4) is 10.6 Å². The van der Waals surface area contributed by atoms with Crippen LogP contribution < -0.4 is 4.72 Å². The minimum atomic E-state index is -3.75. The van der Waals surface area contributed by atoms with Crippen LogP contribution >= 0.6 is 11.3 Å². The Labute approximate surface area is 161 Å². The van der Waals surface area contributed by atoms with E-state index in [2.05, 4.69) is 9.82 Å². The molecule has 1 fully saturated rings. The lowest BCUT2D eigenvalue weighted by molar-refractivity contribution is 0.467. The standard InChI is InChI=1S/C19H20FN3O2S2/c20-15-9-7-14(8-10-15)12-21-27(24,25)18-13-23(16-4-1-2-5-16)22-19(18)17-6-3-11-26-17/h3,6-11,13,16,21H,1-2,4-5,12H2. The van der Waals surface area contributed by atoms with Crippen LogP contribution in [0.1, 0.15) is 37.3 Å². The molecule has 0 unspecified atom stereocenters. The number of rotatable bonds is 6.